The van der Waals surface area contributed by atoms with Crippen molar-refractivity contribution >= 4 is 18.0 Å². The maximum Gasteiger partial charge on any atom is 0.348 e. The number of carbonyl (C=O) groups excluding carboxylic acids is 2. The smallest absolute Gasteiger partial charge is 0.348 e. The van der Waals surface area contributed by atoms with Gasteiger partial charge in [0.1, 0.15) is 11.3 Å². The van der Waals surface area contributed by atoms with E-state index in [4.69, 9.17) is 14.2 Å². The van der Waals surface area contributed by atoms with E-state index in [9.17, 15) is 9.59 Å². The van der Waals surface area contributed by atoms with Crippen molar-refractivity contribution in [2.24, 2.45) is 0 Å². The number of esters is 2. The zero-order chi connectivity index (χ0) is 17.7. The molecule has 0 aromatic heterocycles. The van der Waals surface area contributed by atoms with Gasteiger partial charge in [0, 0.05) is 13.8 Å². The summed E-state index contributed by atoms with van der Waals surface area (Å²) in [4.78, 5) is 23.9. The maximum absolute atomic E-state index is 12.0. The second-order valence-electron chi connectivity index (χ2n) is 6.32. The van der Waals surface area contributed by atoms with Crippen LogP contribution in [0.5, 0.6) is 5.75 Å². The Morgan fingerprint density at radius 3 is 2.38 bits per heavy atom. The standard InChI is InChI=1S/C19H24O5/c1-5-6-7-10-22-16-9-8-14(11-13(16)2)12-15-17(20)23-19(3,4)24-18(15)21/h8-9,11-12H,5-7,10H2,1-4H3. The van der Waals surface area contributed by atoms with Gasteiger partial charge in [-0.05, 0) is 42.7 Å². The normalized spacial score (nSPS) is 16.4. The summed E-state index contributed by atoms with van der Waals surface area (Å²) in [5, 5.41) is 0. The number of hydrogen-bond donors (Lipinski definition) is 0. The molecule has 24 heavy (non-hydrogen) atoms. The molecule has 1 aliphatic heterocycles. The third-order valence-electron chi connectivity index (χ3n) is 3.63. The molecule has 0 spiro atoms. The van der Waals surface area contributed by atoms with Crippen molar-refractivity contribution in [1.29, 1.82) is 0 Å². The van der Waals surface area contributed by atoms with Crippen LogP contribution in [0.25, 0.3) is 6.08 Å². The van der Waals surface area contributed by atoms with Crippen molar-refractivity contribution in [3.05, 3.63) is 34.9 Å². The molecule has 0 atom stereocenters. The van der Waals surface area contributed by atoms with Crippen LogP contribution in [-0.4, -0.2) is 24.3 Å². The highest BCUT2D eigenvalue weighted by Crippen LogP contribution is 2.26. The molecule has 5 heteroatoms. The van der Waals surface area contributed by atoms with E-state index in [0.717, 1.165) is 36.1 Å². The minimum Gasteiger partial charge on any atom is -0.493 e. The molecule has 0 saturated carbocycles. The molecule has 1 saturated heterocycles. The Kier molecular flexibility index (Phi) is 5.65. The zero-order valence-corrected chi connectivity index (χ0v) is 14.7. The van der Waals surface area contributed by atoms with Gasteiger partial charge in [0.15, 0.2) is 0 Å². The van der Waals surface area contributed by atoms with Crippen molar-refractivity contribution < 1.29 is 23.8 Å². The molecule has 1 aliphatic rings. The van der Waals surface area contributed by atoms with Crippen LogP contribution < -0.4 is 4.74 Å². The third kappa shape index (κ3) is 4.60. The number of unbranched alkanes of at least 4 members (excludes halogenated alkanes) is 2. The summed E-state index contributed by atoms with van der Waals surface area (Å²) in [6.45, 7) is 7.80. The number of aryl methyl sites for hydroxylation is 1. The topological polar surface area (TPSA) is 61.8 Å². The van der Waals surface area contributed by atoms with E-state index in [2.05, 4.69) is 6.92 Å². The molecular weight excluding hydrogens is 308 g/mol. The van der Waals surface area contributed by atoms with Crippen molar-refractivity contribution in [2.45, 2.75) is 52.7 Å². The molecule has 0 unspecified atom stereocenters. The predicted octanol–water partition coefficient (Wildman–Crippen LogP) is 3.78. The lowest BCUT2D eigenvalue weighted by atomic mass is 10.1. The number of hydrogen-bond acceptors (Lipinski definition) is 5. The second-order valence-corrected chi connectivity index (χ2v) is 6.32. The molecule has 130 valence electrons. The first-order chi connectivity index (χ1) is 11.3. The molecular formula is C19H24O5. The molecule has 2 rings (SSSR count). The number of rotatable bonds is 6. The summed E-state index contributed by atoms with van der Waals surface area (Å²) in [6.07, 6.45) is 4.80. The van der Waals surface area contributed by atoms with Crippen LogP contribution in [0.1, 0.15) is 51.2 Å². The van der Waals surface area contributed by atoms with Crippen molar-refractivity contribution in [3.8, 4) is 5.75 Å². The van der Waals surface area contributed by atoms with Crippen LogP contribution in [0, 0.1) is 6.92 Å². The van der Waals surface area contributed by atoms with Gasteiger partial charge in [-0.25, -0.2) is 9.59 Å². The van der Waals surface area contributed by atoms with E-state index in [1.54, 1.807) is 6.07 Å². The second kappa shape index (κ2) is 7.51. The first kappa shape index (κ1) is 18.0. The van der Waals surface area contributed by atoms with Gasteiger partial charge in [0.25, 0.3) is 5.79 Å². The number of ether oxygens (including phenoxy) is 3. The highest BCUT2D eigenvalue weighted by molar-refractivity contribution is 6.18. The zero-order valence-electron chi connectivity index (χ0n) is 14.7. The van der Waals surface area contributed by atoms with Crippen LogP contribution in [0.15, 0.2) is 23.8 Å². The molecule has 0 aliphatic carbocycles. The molecule has 0 radical (unpaired) electrons. The average Bonchev–Trinajstić information content (AvgIpc) is 2.48. The Hall–Kier alpha value is -2.30. The van der Waals surface area contributed by atoms with Gasteiger partial charge in [0.05, 0.1) is 6.61 Å². The summed E-state index contributed by atoms with van der Waals surface area (Å²) in [7, 11) is 0. The third-order valence-corrected chi connectivity index (χ3v) is 3.63. The van der Waals surface area contributed by atoms with E-state index in [1.165, 1.54) is 19.9 Å². The lowest BCUT2D eigenvalue weighted by Gasteiger charge is -2.29. The maximum atomic E-state index is 12.0. The summed E-state index contributed by atoms with van der Waals surface area (Å²) in [5.41, 5.74) is 1.56. The van der Waals surface area contributed by atoms with Gasteiger partial charge in [-0.2, -0.15) is 0 Å². The quantitative estimate of drug-likeness (QED) is 0.343. The van der Waals surface area contributed by atoms with Gasteiger partial charge >= 0.3 is 11.9 Å². The van der Waals surface area contributed by atoms with Gasteiger partial charge in [-0.3, -0.25) is 0 Å². The number of cyclic esters (lactones) is 2. The first-order valence-electron chi connectivity index (χ1n) is 8.24. The highest BCUT2D eigenvalue weighted by atomic mass is 16.7. The highest BCUT2D eigenvalue weighted by Gasteiger charge is 2.38. The largest absolute Gasteiger partial charge is 0.493 e. The van der Waals surface area contributed by atoms with E-state index < -0.39 is 17.7 Å². The van der Waals surface area contributed by atoms with Gasteiger partial charge < -0.3 is 14.2 Å². The predicted molar refractivity (Wildman–Crippen MR) is 90.4 cm³/mol. The van der Waals surface area contributed by atoms with Crippen molar-refractivity contribution in [1.82, 2.24) is 0 Å². The fourth-order valence-electron chi connectivity index (χ4n) is 2.40. The molecule has 1 heterocycles. The van der Waals surface area contributed by atoms with Gasteiger partial charge in [0.2, 0.25) is 0 Å². The van der Waals surface area contributed by atoms with E-state index in [-0.39, 0.29) is 5.57 Å². The fraction of sp³-hybridized carbons (Fsp3) is 0.474. The number of benzene rings is 1. The first-order valence-corrected chi connectivity index (χ1v) is 8.24. The minimum atomic E-state index is -1.22. The SMILES string of the molecule is CCCCCOc1ccc(C=C2C(=O)OC(C)(C)OC2=O)cc1C. The Bertz CT molecular complexity index is 636. The summed E-state index contributed by atoms with van der Waals surface area (Å²) in [6, 6.07) is 5.51. The van der Waals surface area contributed by atoms with Crippen molar-refractivity contribution in [3.63, 3.8) is 0 Å². The van der Waals surface area contributed by atoms with Crippen molar-refractivity contribution in [2.75, 3.05) is 6.61 Å². The van der Waals surface area contributed by atoms with E-state index >= 15 is 0 Å². The Morgan fingerprint density at radius 1 is 1.12 bits per heavy atom. The number of carbonyl (C=O) groups is 2. The van der Waals surface area contributed by atoms with Gasteiger partial charge in [-0.15, -0.1) is 0 Å². The van der Waals surface area contributed by atoms with Crippen LogP contribution in [0.3, 0.4) is 0 Å². The van der Waals surface area contributed by atoms with Crippen LogP contribution in [0.4, 0.5) is 0 Å². The summed E-state index contributed by atoms with van der Waals surface area (Å²) < 4.78 is 15.9. The molecule has 0 N–H and O–H groups in total. The molecule has 5 nitrogen and oxygen atoms in total. The molecule has 0 amide bonds. The fourth-order valence-corrected chi connectivity index (χ4v) is 2.40. The molecule has 1 aromatic carbocycles. The lowest BCUT2D eigenvalue weighted by Crippen LogP contribution is -2.41. The minimum absolute atomic E-state index is 0.106. The molecule has 1 fully saturated rings. The van der Waals surface area contributed by atoms with Crippen LogP contribution in [-0.2, 0) is 19.1 Å². The van der Waals surface area contributed by atoms with Crippen LogP contribution >= 0.6 is 0 Å². The Balaban J connectivity index is 2.11. The molecule has 1 aromatic rings. The summed E-state index contributed by atoms with van der Waals surface area (Å²) in [5.74, 6) is -1.76. The van der Waals surface area contributed by atoms with Crippen LogP contribution in [0.2, 0.25) is 0 Å². The van der Waals surface area contributed by atoms with E-state index in [0.29, 0.717) is 6.61 Å². The Labute approximate surface area is 142 Å². The lowest BCUT2D eigenvalue weighted by molar-refractivity contribution is -0.222. The monoisotopic (exact) mass is 332 g/mol. The van der Waals surface area contributed by atoms with Gasteiger partial charge in [-0.1, -0.05) is 25.8 Å². The average molecular weight is 332 g/mol. The summed E-state index contributed by atoms with van der Waals surface area (Å²) >= 11 is 0. The Morgan fingerprint density at radius 2 is 1.79 bits per heavy atom. The van der Waals surface area contributed by atoms with E-state index in [1.807, 2.05) is 19.1 Å². The molecule has 0 bridgehead atoms.